The highest BCUT2D eigenvalue weighted by Gasteiger charge is 2.11. The molecule has 0 saturated carbocycles. The van der Waals surface area contributed by atoms with Crippen LogP contribution in [-0.2, 0) is 6.54 Å². The lowest BCUT2D eigenvalue weighted by molar-refractivity contribution is 0.202. The molecule has 0 bridgehead atoms. The van der Waals surface area contributed by atoms with Gasteiger partial charge in [0.05, 0.1) is 0 Å². The van der Waals surface area contributed by atoms with Crippen molar-refractivity contribution in [1.29, 1.82) is 0 Å². The van der Waals surface area contributed by atoms with Crippen LogP contribution in [0.15, 0.2) is 22.7 Å². The predicted octanol–water partition coefficient (Wildman–Crippen LogP) is 2.44. The van der Waals surface area contributed by atoms with Crippen LogP contribution in [0.2, 0.25) is 5.02 Å². The number of rotatable bonds is 5. The van der Waals surface area contributed by atoms with Gasteiger partial charge in [-0.3, -0.25) is 4.90 Å². The van der Waals surface area contributed by atoms with E-state index in [1.165, 1.54) is 5.56 Å². The second kappa shape index (κ2) is 7.60. The topological polar surface area (TPSA) is 18.5 Å². The molecule has 0 unspecified atom stereocenters. The molecule has 5 heteroatoms. The van der Waals surface area contributed by atoms with E-state index in [1.54, 1.807) is 0 Å². The van der Waals surface area contributed by atoms with Crippen LogP contribution in [0, 0.1) is 0 Å². The Kier molecular flexibility index (Phi) is 6.10. The van der Waals surface area contributed by atoms with Crippen LogP contribution >= 0.6 is 27.5 Å². The highest BCUT2D eigenvalue weighted by molar-refractivity contribution is 9.10. The Morgan fingerprint density at radius 2 is 2.11 bits per heavy atom. The second-order valence-electron chi connectivity index (χ2n) is 5.07. The van der Waals surface area contributed by atoms with Crippen molar-refractivity contribution in [3.63, 3.8) is 0 Å². The quantitative estimate of drug-likeness (QED) is 0.883. The highest BCUT2D eigenvalue weighted by Crippen LogP contribution is 2.22. The molecule has 0 aromatic heterocycles. The third-order valence-electron chi connectivity index (χ3n) is 3.46. The van der Waals surface area contributed by atoms with Crippen molar-refractivity contribution in [3.8, 4) is 0 Å². The molecule has 106 valence electrons. The van der Waals surface area contributed by atoms with E-state index in [0.29, 0.717) is 0 Å². The normalized spacial score (nSPS) is 17.1. The van der Waals surface area contributed by atoms with Crippen molar-refractivity contribution in [3.05, 3.63) is 33.3 Å². The van der Waals surface area contributed by atoms with E-state index in [4.69, 9.17) is 11.6 Å². The zero-order valence-corrected chi connectivity index (χ0v) is 13.7. The summed E-state index contributed by atoms with van der Waals surface area (Å²) in [6, 6.07) is 5.96. The summed E-state index contributed by atoms with van der Waals surface area (Å²) in [5.74, 6) is 0. The molecular formula is C14H21BrClN3. The summed E-state index contributed by atoms with van der Waals surface area (Å²) in [5.41, 5.74) is 1.25. The Morgan fingerprint density at radius 1 is 1.37 bits per heavy atom. The Morgan fingerprint density at radius 3 is 2.84 bits per heavy atom. The molecule has 0 spiro atoms. The minimum absolute atomic E-state index is 0.800. The Labute approximate surface area is 129 Å². The fourth-order valence-electron chi connectivity index (χ4n) is 2.28. The molecule has 1 N–H and O–H groups in total. The van der Waals surface area contributed by atoms with Crippen LogP contribution in [0.3, 0.4) is 0 Å². The zero-order chi connectivity index (χ0) is 13.7. The van der Waals surface area contributed by atoms with E-state index < -0.39 is 0 Å². The molecule has 1 fully saturated rings. The monoisotopic (exact) mass is 345 g/mol. The van der Waals surface area contributed by atoms with Gasteiger partial charge in [0.1, 0.15) is 0 Å². The SMILES string of the molecule is CN(CCN1CCNCC1)Cc1cc(Cl)ccc1Br. The number of hydrogen-bond acceptors (Lipinski definition) is 3. The molecule has 0 radical (unpaired) electrons. The van der Waals surface area contributed by atoms with Crippen LogP contribution in [0.5, 0.6) is 0 Å². The van der Waals surface area contributed by atoms with Crippen molar-refractivity contribution in [1.82, 2.24) is 15.1 Å². The van der Waals surface area contributed by atoms with Crippen LogP contribution in [0.4, 0.5) is 0 Å². The number of nitrogens with zero attached hydrogens (tertiary/aromatic N) is 2. The maximum absolute atomic E-state index is 6.04. The van der Waals surface area contributed by atoms with Gasteiger partial charge in [-0.1, -0.05) is 27.5 Å². The molecule has 3 nitrogen and oxygen atoms in total. The van der Waals surface area contributed by atoms with Gasteiger partial charge in [-0.2, -0.15) is 0 Å². The maximum atomic E-state index is 6.04. The largest absolute Gasteiger partial charge is 0.314 e. The lowest BCUT2D eigenvalue weighted by Crippen LogP contribution is -2.45. The van der Waals surface area contributed by atoms with Gasteiger partial charge in [0, 0.05) is 55.3 Å². The minimum Gasteiger partial charge on any atom is -0.314 e. The highest BCUT2D eigenvalue weighted by atomic mass is 79.9. The van der Waals surface area contributed by atoms with Gasteiger partial charge in [-0.15, -0.1) is 0 Å². The first-order valence-electron chi connectivity index (χ1n) is 6.71. The number of nitrogens with one attached hydrogen (secondary N) is 1. The van der Waals surface area contributed by atoms with E-state index in [0.717, 1.165) is 55.3 Å². The zero-order valence-electron chi connectivity index (χ0n) is 11.3. The standard InChI is InChI=1S/C14H21BrClN3/c1-18(8-9-19-6-4-17-5-7-19)11-12-10-13(16)2-3-14(12)15/h2-3,10,17H,4-9,11H2,1H3. The molecular weight excluding hydrogens is 326 g/mol. The maximum Gasteiger partial charge on any atom is 0.0410 e. The first-order chi connectivity index (χ1) is 9.15. The summed E-state index contributed by atoms with van der Waals surface area (Å²) < 4.78 is 1.13. The van der Waals surface area contributed by atoms with Crippen LogP contribution in [0.25, 0.3) is 0 Å². The Hall–Kier alpha value is -0.130. The van der Waals surface area contributed by atoms with Crippen molar-refractivity contribution in [2.24, 2.45) is 0 Å². The summed E-state index contributed by atoms with van der Waals surface area (Å²) >= 11 is 9.63. The smallest absolute Gasteiger partial charge is 0.0410 e. The molecule has 1 heterocycles. The van der Waals surface area contributed by atoms with Crippen LogP contribution < -0.4 is 5.32 Å². The summed E-state index contributed by atoms with van der Waals surface area (Å²) in [7, 11) is 2.16. The van der Waals surface area contributed by atoms with Gasteiger partial charge >= 0.3 is 0 Å². The average Bonchev–Trinajstić information content (AvgIpc) is 2.42. The minimum atomic E-state index is 0.800. The molecule has 1 aromatic carbocycles. The molecule has 1 saturated heterocycles. The summed E-state index contributed by atoms with van der Waals surface area (Å²) in [5, 5.41) is 4.18. The first-order valence-corrected chi connectivity index (χ1v) is 7.88. The van der Waals surface area contributed by atoms with Gasteiger partial charge < -0.3 is 10.2 Å². The predicted molar refractivity (Wildman–Crippen MR) is 84.8 cm³/mol. The van der Waals surface area contributed by atoms with Crippen molar-refractivity contribution >= 4 is 27.5 Å². The first kappa shape index (κ1) is 15.3. The Balaban J connectivity index is 1.80. The van der Waals surface area contributed by atoms with Gasteiger partial charge in [0.2, 0.25) is 0 Å². The van der Waals surface area contributed by atoms with Crippen LogP contribution in [-0.4, -0.2) is 56.1 Å². The van der Waals surface area contributed by atoms with Gasteiger partial charge in [0.15, 0.2) is 0 Å². The molecule has 19 heavy (non-hydrogen) atoms. The van der Waals surface area contributed by atoms with E-state index in [-0.39, 0.29) is 0 Å². The number of piperazine rings is 1. The number of hydrogen-bond donors (Lipinski definition) is 1. The molecule has 1 aromatic rings. The van der Waals surface area contributed by atoms with Gasteiger partial charge in [-0.05, 0) is 30.8 Å². The average molecular weight is 347 g/mol. The van der Waals surface area contributed by atoms with E-state index >= 15 is 0 Å². The third kappa shape index (κ3) is 5.04. The number of likely N-dealkylation sites (N-methyl/N-ethyl adjacent to an activating group) is 1. The molecule has 1 aliphatic rings. The van der Waals surface area contributed by atoms with Crippen molar-refractivity contribution in [2.75, 3.05) is 46.3 Å². The fourth-order valence-corrected chi connectivity index (χ4v) is 2.85. The molecule has 0 atom stereocenters. The van der Waals surface area contributed by atoms with Crippen LogP contribution in [0.1, 0.15) is 5.56 Å². The van der Waals surface area contributed by atoms with E-state index in [2.05, 4.69) is 38.1 Å². The second-order valence-corrected chi connectivity index (χ2v) is 6.36. The van der Waals surface area contributed by atoms with E-state index in [1.807, 2.05) is 18.2 Å². The van der Waals surface area contributed by atoms with Gasteiger partial charge in [0.25, 0.3) is 0 Å². The fraction of sp³-hybridized carbons (Fsp3) is 0.571. The van der Waals surface area contributed by atoms with Crippen molar-refractivity contribution < 1.29 is 0 Å². The number of halogens is 2. The summed E-state index contributed by atoms with van der Waals surface area (Å²) in [4.78, 5) is 4.86. The van der Waals surface area contributed by atoms with E-state index in [9.17, 15) is 0 Å². The molecule has 2 rings (SSSR count). The lowest BCUT2D eigenvalue weighted by Gasteiger charge is -2.29. The molecule has 0 amide bonds. The summed E-state index contributed by atoms with van der Waals surface area (Å²) in [6.07, 6.45) is 0. The van der Waals surface area contributed by atoms with Gasteiger partial charge in [-0.25, -0.2) is 0 Å². The third-order valence-corrected chi connectivity index (χ3v) is 4.46. The number of benzene rings is 1. The van der Waals surface area contributed by atoms with Crippen molar-refractivity contribution in [2.45, 2.75) is 6.54 Å². The molecule has 0 aliphatic carbocycles. The Bertz CT molecular complexity index is 408. The summed E-state index contributed by atoms with van der Waals surface area (Å²) in [6.45, 7) is 7.69. The molecule has 1 aliphatic heterocycles. The lowest BCUT2D eigenvalue weighted by atomic mass is 10.2.